The van der Waals surface area contributed by atoms with Gasteiger partial charge in [-0.2, -0.15) is 0 Å². The first-order chi connectivity index (χ1) is 8.72. The van der Waals surface area contributed by atoms with Crippen LogP contribution in [0.4, 0.5) is 0 Å². The van der Waals surface area contributed by atoms with Crippen LogP contribution in [0.15, 0.2) is 24.3 Å². The summed E-state index contributed by atoms with van der Waals surface area (Å²) in [6.45, 7) is 3.21. The number of carboxylic acid groups (broad SMARTS) is 1. The van der Waals surface area contributed by atoms with Crippen molar-refractivity contribution in [2.75, 3.05) is 13.2 Å². The lowest BCUT2D eigenvalue weighted by atomic mass is 9.95. The molecule has 0 spiro atoms. The number of carboxylic acids is 1. The Morgan fingerprint density at radius 1 is 1.56 bits per heavy atom. The lowest BCUT2D eigenvalue weighted by Gasteiger charge is -2.16. The van der Waals surface area contributed by atoms with Gasteiger partial charge in [-0.1, -0.05) is 19.1 Å². The maximum Gasteiger partial charge on any atom is 0.309 e. The van der Waals surface area contributed by atoms with Gasteiger partial charge >= 0.3 is 5.97 Å². The van der Waals surface area contributed by atoms with Crippen molar-refractivity contribution < 1.29 is 19.4 Å². The summed E-state index contributed by atoms with van der Waals surface area (Å²) in [4.78, 5) is 11.1. The summed E-state index contributed by atoms with van der Waals surface area (Å²) in [5.41, 5.74) is 0.883. The highest BCUT2D eigenvalue weighted by Gasteiger charge is 2.35. The van der Waals surface area contributed by atoms with E-state index in [9.17, 15) is 4.79 Å². The molecular weight excluding hydrogens is 232 g/mol. The Morgan fingerprint density at radius 3 is 3.11 bits per heavy atom. The molecule has 4 heteroatoms. The standard InChI is InChI=1S/C14H18O4/c1-2-7-17-11-5-3-4-10(9-11)13-12(14(15)16)6-8-18-13/h3-5,9,12-13H,2,6-8H2,1H3,(H,15,16). The maximum atomic E-state index is 11.1. The minimum atomic E-state index is -0.794. The molecule has 1 aliphatic rings. The summed E-state index contributed by atoms with van der Waals surface area (Å²) in [6, 6.07) is 7.52. The fraction of sp³-hybridized carbons (Fsp3) is 0.500. The first-order valence-corrected chi connectivity index (χ1v) is 6.29. The molecule has 0 amide bonds. The molecule has 0 aliphatic carbocycles. The van der Waals surface area contributed by atoms with Crippen molar-refractivity contribution in [3.63, 3.8) is 0 Å². The van der Waals surface area contributed by atoms with Crippen LogP contribution in [0, 0.1) is 5.92 Å². The Hall–Kier alpha value is -1.55. The van der Waals surface area contributed by atoms with Crippen molar-refractivity contribution in [3.05, 3.63) is 29.8 Å². The van der Waals surface area contributed by atoms with Gasteiger partial charge in [0.05, 0.1) is 18.6 Å². The molecule has 4 nitrogen and oxygen atoms in total. The third-order valence-electron chi connectivity index (χ3n) is 3.07. The van der Waals surface area contributed by atoms with E-state index in [1.54, 1.807) is 0 Å². The van der Waals surface area contributed by atoms with Gasteiger partial charge in [0.2, 0.25) is 0 Å². The molecule has 1 N–H and O–H groups in total. The van der Waals surface area contributed by atoms with E-state index >= 15 is 0 Å². The van der Waals surface area contributed by atoms with E-state index in [1.807, 2.05) is 31.2 Å². The number of rotatable bonds is 5. The highest BCUT2D eigenvalue weighted by atomic mass is 16.5. The molecule has 2 atom stereocenters. The van der Waals surface area contributed by atoms with Crippen LogP contribution in [-0.4, -0.2) is 24.3 Å². The number of benzene rings is 1. The van der Waals surface area contributed by atoms with Crippen molar-refractivity contribution in [2.24, 2.45) is 5.92 Å². The summed E-state index contributed by atoms with van der Waals surface area (Å²) >= 11 is 0. The Morgan fingerprint density at radius 2 is 2.39 bits per heavy atom. The van der Waals surface area contributed by atoms with Crippen molar-refractivity contribution in [1.82, 2.24) is 0 Å². The van der Waals surface area contributed by atoms with Crippen molar-refractivity contribution in [3.8, 4) is 5.75 Å². The molecule has 1 aliphatic heterocycles. The summed E-state index contributed by atoms with van der Waals surface area (Å²) in [7, 11) is 0. The number of hydrogen-bond acceptors (Lipinski definition) is 3. The fourth-order valence-corrected chi connectivity index (χ4v) is 2.17. The molecule has 1 aromatic rings. The summed E-state index contributed by atoms with van der Waals surface area (Å²) in [6.07, 6.45) is 1.16. The zero-order valence-corrected chi connectivity index (χ0v) is 10.5. The van der Waals surface area contributed by atoms with E-state index in [-0.39, 0.29) is 6.10 Å². The largest absolute Gasteiger partial charge is 0.494 e. The average molecular weight is 250 g/mol. The van der Waals surface area contributed by atoms with E-state index in [0.717, 1.165) is 17.7 Å². The molecule has 0 saturated carbocycles. The molecule has 1 fully saturated rings. The predicted octanol–water partition coefficient (Wildman–Crippen LogP) is 2.64. The topological polar surface area (TPSA) is 55.8 Å². The summed E-state index contributed by atoms with van der Waals surface area (Å²) in [5, 5.41) is 9.14. The first kappa shape index (κ1) is 12.9. The van der Waals surface area contributed by atoms with Crippen LogP contribution in [0.5, 0.6) is 5.75 Å². The molecule has 98 valence electrons. The van der Waals surface area contributed by atoms with Gasteiger partial charge in [0.15, 0.2) is 0 Å². The van der Waals surface area contributed by atoms with E-state index in [0.29, 0.717) is 19.6 Å². The normalized spacial score (nSPS) is 22.9. The molecule has 0 bridgehead atoms. The van der Waals surface area contributed by atoms with Crippen LogP contribution in [0.1, 0.15) is 31.4 Å². The van der Waals surface area contributed by atoms with Crippen molar-refractivity contribution in [2.45, 2.75) is 25.9 Å². The Labute approximate surface area is 107 Å². The molecule has 18 heavy (non-hydrogen) atoms. The van der Waals surface area contributed by atoms with Gasteiger partial charge in [-0.25, -0.2) is 0 Å². The molecule has 1 aromatic carbocycles. The second kappa shape index (κ2) is 5.87. The second-order valence-corrected chi connectivity index (χ2v) is 4.45. The van der Waals surface area contributed by atoms with Crippen LogP contribution >= 0.6 is 0 Å². The van der Waals surface area contributed by atoms with Gasteiger partial charge in [0.1, 0.15) is 5.75 Å². The van der Waals surface area contributed by atoms with E-state index in [2.05, 4.69) is 0 Å². The van der Waals surface area contributed by atoms with Crippen LogP contribution in [-0.2, 0) is 9.53 Å². The third-order valence-corrected chi connectivity index (χ3v) is 3.07. The highest BCUT2D eigenvalue weighted by molar-refractivity contribution is 5.71. The van der Waals surface area contributed by atoms with Gasteiger partial charge in [-0.05, 0) is 30.5 Å². The minimum Gasteiger partial charge on any atom is -0.494 e. The Kier molecular flexibility index (Phi) is 4.20. The Bertz CT molecular complexity index is 416. The lowest BCUT2D eigenvalue weighted by molar-refractivity contribution is -0.143. The molecule has 0 radical (unpaired) electrons. The quantitative estimate of drug-likeness (QED) is 0.872. The highest BCUT2D eigenvalue weighted by Crippen LogP contribution is 2.35. The van der Waals surface area contributed by atoms with Crippen LogP contribution < -0.4 is 4.74 Å². The van der Waals surface area contributed by atoms with Gasteiger partial charge in [-0.15, -0.1) is 0 Å². The summed E-state index contributed by atoms with van der Waals surface area (Å²) < 4.78 is 11.1. The first-order valence-electron chi connectivity index (χ1n) is 6.29. The SMILES string of the molecule is CCCOc1cccc(C2OCCC2C(=O)O)c1. The molecule has 2 unspecified atom stereocenters. The van der Waals surface area contributed by atoms with Gasteiger partial charge in [0.25, 0.3) is 0 Å². The zero-order valence-electron chi connectivity index (χ0n) is 10.5. The number of ether oxygens (including phenoxy) is 2. The van der Waals surface area contributed by atoms with Gasteiger partial charge < -0.3 is 14.6 Å². The monoisotopic (exact) mass is 250 g/mol. The van der Waals surface area contributed by atoms with Crippen LogP contribution in [0.25, 0.3) is 0 Å². The Balaban J connectivity index is 2.14. The number of hydrogen-bond donors (Lipinski definition) is 1. The molecule has 1 heterocycles. The smallest absolute Gasteiger partial charge is 0.309 e. The van der Waals surface area contributed by atoms with E-state index in [4.69, 9.17) is 14.6 Å². The second-order valence-electron chi connectivity index (χ2n) is 4.45. The third kappa shape index (κ3) is 2.82. The molecular formula is C14H18O4. The molecule has 0 aromatic heterocycles. The van der Waals surface area contributed by atoms with Crippen molar-refractivity contribution in [1.29, 1.82) is 0 Å². The predicted molar refractivity (Wildman–Crippen MR) is 66.7 cm³/mol. The van der Waals surface area contributed by atoms with E-state index in [1.165, 1.54) is 0 Å². The van der Waals surface area contributed by atoms with Crippen LogP contribution in [0.3, 0.4) is 0 Å². The number of carbonyl (C=O) groups is 1. The summed E-state index contributed by atoms with van der Waals surface area (Å²) in [5.74, 6) is -0.474. The van der Waals surface area contributed by atoms with Crippen LogP contribution in [0.2, 0.25) is 0 Å². The van der Waals surface area contributed by atoms with Gasteiger partial charge in [-0.3, -0.25) is 4.79 Å². The fourth-order valence-electron chi connectivity index (χ4n) is 2.17. The zero-order chi connectivity index (χ0) is 13.0. The minimum absolute atomic E-state index is 0.354. The molecule has 1 saturated heterocycles. The number of aliphatic carboxylic acids is 1. The maximum absolute atomic E-state index is 11.1. The average Bonchev–Trinajstić information content (AvgIpc) is 2.86. The molecule has 2 rings (SSSR count). The van der Waals surface area contributed by atoms with Crippen molar-refractivity contribution >= 4 is 5.97 Å². The lowest BCUT2D eigenvalue weighted by Crippen LogP contribution is -2.17. The van der Waals surface area contributed by atoms with Gasteiger partial charge in [0, 0.05) is 6.61 Å². The van der Waals surface area contributed by atoms with E-state index < -0.39 is 11.9 Å².